The molecule has 4 rings (SSSR count). The van der Waals surface area contributed by atoms with Crippen molar-refractivity contribution in [1.29, 1.82) is 0 Å². The molecule has 4 atom stereocenters. The van der Waals surface area contributed by atoms with Gasteiger partial charge in [-0.05, 0) is 42.2 Å². The van der Waals surface area contributed by atoms with E-state index < -0.39 is 0 Å². The van der Waals surface area contributed by atoms with Crippen molar-refractivity contribution in [3.8, 4) is 5.75 Å². The first-order chi connectivity index (χ1) is 10.6. The van der Waals surface area contributed by atoms with Gasteiger partial charge in [-0.25, -0.2) is 0 Å². The minimum Gasteiger partial charge on any atom is -0.508 e. The molecular formula is C20H28NO+. The lowest BCUT2D eigenvalue weighted by Gasteiger charge is -2.61. The molecule has 1 heterocycles. The Hall–Kier alpha value is -1.28. The van der Waals surface area contributed by atoms with E-state index in [0.29, 0.717) is 11.2 Å². The number of phenolic OH excluding ortho intramolecular Hbond substituents is 1. The Bertz CT molecular complexity index is 610. The lowest BCUT2D eigenvalue weighted by molar-refractivity contribution is -0.940. The molecule has 1 saturated heterocycles. The number of benzene rings is 1. The van der Waals surface area contributed by atoms with Crippen LogP contribution in [0.5, 0.6) is 5.75 Å². The van der Waals surface area contributed by atoms with Gasteiger partial charge in [0.05, 0.1) is 26.2 Å². The number of likely N-dealkylation sites (tertiary alicyclic amines) is 1. The molecule has 3 aliphatic rings. The van der Waals surface area contributed by atoms with Gasteiger partial charge in [-0.2, -0.15) is 0 Å². The summed E-state index contributed by atoms with van der Waals surface area (Å²) in [5.41, 5.74) is 3.32. The second kappa shape index (κ2) is 4.86. The molecule has 1 aromatic carbocycles. The van der Waals surface area contributed by atoms with Crippen molar-refractivity contribution in [2.24, 2.45) is 5.92 Å². The average Bonchev–Trinajstić information content (AvgIpc) is 2.52. The number of piperidine rings is 1. The molecule has 0 aromatic heterocycles. The van der Waals surface area contributed by atoms with E-state index in [1.807, 2.05) is 6.07 Å². The molecule has 0 amide bonds. The number of quaternary nitrogens is 1. The molecule has 1 saturated carbocycles. The summed E-state index contributed by atoms with van der Waals surface area (Å²) in [6.07, 6.45) is 9.97. The Kier molecular flexibility index (Phi) is 3.16. The van der Waals surface area contributed by atoms with Gasteiger partial charge in [0, 0.05) is 24.2 Å². The van der Waals surface area contributed by atoms with Gasteiger partial charge < -0.3 is 9.59 Å². The van der Waals surface area contributed by atoms with Crippen LogP contribution in [-0.4, -0.2) is 35.8 Å². The molecule has 0 spiro atoms. The number of fused-ring (bicyclic) bond motifs is 1. The first-order valence-corrected chi connectivity index (χ1v) is 8.87. The summed E-state index contributed by atoms with van der Waals surface area (Å²) in [5, 5.41) is 10.0. The van der Waals surface area contributed by atoms with Gasteiger partial charge in [0.2, 0.25) is 0 Å². The number of rotatable bonds is 2. The zero-order valence-electron chi connectivity index (χ0n) is 13.7. The SMILES string of the molecule is C=CC[N+]1(C)CC[C@]23CCCCC2[C@H]1Cc1ccc(O)cc13. The summed E-state index contributed by atoms with van der Waals surface area (Å²) in [6, 6.07) is 6.89. The fraction of sp³-hybridized carbons (Fsp3) is 0.600. The second-order valence-corrected chi connectivity index (χ2v) is 8.05. The molecule has 1 N–H and O–H groups in total. The molecule has 2 nitrogen and oxygen atoms in total. The summed E-state index contributed by atoms with van der Waals surface area (Å²) < 4.78 is 1.16. The van der Waals surface area contributed by atoms with Crippen LogP contribution in [0, 0.1) is 5.92 Å². The van der Waals surface area contributed by atoms with Crippen LogP contribution in [0.4, 0.5) is 0 Å². The van der Waals surface area contributed by atoms with Crippen molar-refractivity contribution in [3.05, 3.63) is 42.0 Å². The molecule has 1 aliphatic heterocycles. The van der Waals surface area contributed by atoms with E-state index in [9.17, 15) is 5.11 Å². The molecule has 118 valence electrons. The maximum atomic E-state index is 10.0. The Morgan fingerprint density at radius 3 is 3.05 bits per heavy atom. The Morgan fingerprint density at radius 1 is 1.36 bits per heavy atom. The molecule has 1 aromatic rings. The van der Waals surface area contributed by atoms with E-state index in [1.54, 1.807) is 0 Å². The number of hydrogen-bond donors (Lipinski definition) is 1. The summed E-state index contributed by atoms with van der Waals surface area (Å²) in [7, 11) is 2.44. The van der Waals surface area contributed by atoms with Gasteiger partial charge in [-0.15, -0.1) is 0 Å². The molecule has 22 heavy (non-hydrogen) atoms. The van der Waals surface area contributed by atoms with E-state index in [0.717, 1.165) is 23.0 Å². The maximum Gasteiger partial charge on any atom is 0.115 e. The predicted molar refractivity (Wildman–Crippen MR) is 90.0 cm³/mol. The van der Waals surface area contributed by atoms with Crippen LogP contribution in [0.1, 0.15) is 43.2 Å². The summed E-state index contributed by atoms with van der Waals surface area (Å²) in [5.74, 6) is 1.24. The second-order valence-electron chi connectivity index (χ2n) is 8.05. The Balaban J connectivity index is 1.87. The highest BCUT2D eigenvalue weighted by Gasteiger charge is 2.58. The lowest BCUT2D eigenvalue weighted by Crippen LogP contribution is -2.68. The molecule has 0 radical (unpaired) electrons. The van der Waals surface area contributed by atoms with Crippen LogP contribution >= 0.6 is 0 Å². The van der Waals surface area contributed by atoms with Crippen molar-refractivity contribution >= 4 is 0 Å². The van der Waals surface area contributed by atoms with Crippen LogP contribution in [-0.2, 0) is 11.8 Å². The van der Waals surface area contributed by atoms with Gasteiger partial charge in [0.15, 0.2) is 0 Å². The number of phenols is 1. The molecule has 2 fully saturated rings. The molecular weight excluding hydrogens is 270 g/mol. The summed E-state index contributed by atoms with van der Waals surface area (Å²) in [6.45, 7) is 6.36. The van der Waals surface area contributed by atoms with Crippen LogP contribution in [0.25, 0.3) is 0 Å². The van der Waals surface area contributed by atoms with Gasteiger partial charge in [0.25, 0.3) is 0 Å². The van der Waals surface area contributed by atoms with Gasteiger partial charge in [0.1, 0.15) is 5.75 Å². The minimum atomic E-state index is 0.341. The molecule has 2 bridgehead atoms. The highest BCUT2D eigenvalue weighted by molar-refractivity contribution is 5.44. The number of hydrogen-bond acceptors (Lipinski definition) is 1. The van der Waals surface area contributed by atoms with E-state index >= 15 is 0 Å². The van der Waals surface area contributed by atoms with Crippen LogP contribution in [0.2, 0.25) is 0 Å². The summed E-state index contributed by atoms with van der Waals surface area (Å²) in [4.78, 5) is 0. The van der Waals surface area contributed by atoms with Crippen molar-refractivity contribution in [2.75, 3.05) is 20.1 Å². The third-order valence-corrected chi connectivity index (χ3v) is 7.04. The topological polar surface area (TPSA) is 20.2 Å². The predicted octanol–water partition coefficient (Wildman–Crippen LogP) is 3.78. The van der Waals surface area contributed by atoms with Gasteiger partial charge in [-0.3, -0.25) is 0 Å². The quantitative estimate of drug-likeness (QED) is 0.651. The number of nitrogens with zero attached hydrogens (tertiary/aromatic N) is 1. The number of aromatic hydroxyl groups is 1. The molecule has 2 aliphatic carbocycles. The normalized spacial score (nSPS) is 39.7. The first-order valence-electron chi connectivity index (χ1n) is 8.87. The van der Waals surface area contributed by atoms with Crippen molar-refractivity contribution in [1.82, 2.24) is 0 Å². The zero-order chi connectivity index (χ0) is 15.4. The van der Waals surface area contributed by atoms with E-state index in [-0.39, 0.29) is 0 Å². The third-order valence-electron chi connectivity index (χ3n) is 7.04. The molecule has 2 heteroatoms. The van der Waals surface area contributed by atoms with Gasteiger partial charge in [-0.1, -0.05) is 25.5 Å². The molecule has 2 unspecified atom stereocenters. The van der Waals surface area contributed by atoms with E-state index in [2.05, 4.69) is 31.8 Å². The van der Waals surface area contributed by atoms with E-state index in [4.69, 9.17) is 0 Å². The average molecular weight is 298 g/mol. The minimum absolute atomic E-state index is 0.341. The Labute approximate surface area is 134 Å². The smallest absolute Gasteiger partial charge is 0.115 e. The fourth-order valence-electron chi connectivity index (χ4n) is 5.98. The largest absolute Gasteiger partial charge is 0.508 e. The third kappa shape index (κ3) is 1.83. The zero-order valence-corrected chi connectivity index (χ0v) is 13.7. The van der Waals surface area contributed by atoms with Gasteiger partial charge >= 0.3 is 0 Å². The highest BCUT2D eigenvalue weighted by Crippen LogP contribution is 2.57. The van der Waals surface area contributed by atoms with Crippen LogP contribution in [0.3, 0.4) is 0 Å². The van der Waals surface area contributed by atoms with E-state index in [1.165, 1.54) is 56.2 Å². The monoisotopic (exact) mass is 298 g/mol. The maximum absolute atomic E-state index is 10.0. The van der Waals surface area contributed by atoms with Crippen LogP contribution in [0.15, 0.2) is 30.9 Å². The lowest BCUT2D eigenvalue weighted by atomic mass is 9.52. The van der Waals surface area contributed by atoms with Crippen molar-refractivity contribution < 1.29 is 9.59 Å². The highest BCUT2D eigenvalue weighted by atomic mass is 16.3. The van der Waals surface area contributed by atoms with Crippen LogP contribution < -0.4 is 0 Å². The number of likely N-dealkylation sites (N-methyl/N-ethyl adjacent to an activating group) is 1. The Morgan fingerprint density at radius 2 is 2.23 bits per heavy atom. The standard InChI is InChI=1S/C20H27NO/c1-3-11-21(2)12-10-20-9-5-4-6-17(20)19(21)13-15-7-8-16(22)14-18(15)20/h3,7-8,14,17,19H,1,4-6,9-13H2,2H3/p+1/t17?,19-,20-,21?/m1/s1. The first kappa shape index (κ1) is 14.3. The van der Waals surface area contributed by atoms with Crippen molar-refractivity contribution in [3.63, 3.8) is 0 Å². The summed E-state index contributed by atoms with van der Waals surface area (Å²) >= 11 is 0. The van der Waals surface area contributed by atoms with Crippen molar-refractivity contribution in [2.45, 2.75) is 50.0 Å². The fourth-order valence-corrected chi connectivity index (χ4v) is 5.98.